The Labute approximate surface area is 170 Å². The molecule has 7 nitrogen and oxygen atoms in total. The summed E-state index contributed by atoms with van der Waals surface area (Å²) in [6.45, 7) is 0.590. The Morgan fingerprint density at radius 2 is 2.07 bits per heavy atom. The Balaban J connectivity index is 1.61. The van der Waals surface area contributed by atoms with Gasteiger partial charge in [-0.15, -0.1) is 11.3 Å². The Hall–Kier alpha value is -2.87. The van der Waals surface area contributed by atoms with E-state index in [1.54, 1.807) is 4.40 Å². The number of nitrogens with two attached hydrogens (primary N) is 1. The maximum Gasteiger partial charge on any atom is 0.272 e. The van der Waals surface area contributed by atoms with Gasteiger partial charge in [-0.05, 0) is 36.2 Å². The van der Waals surface area contributed by atoms with Crippen LogP contribution < -0.4 is 11.1 Å². The van der Waals surface area contributed by atoms with Crippen LogP contribution in [0.2, 0.25) is 0 Å². The van der Waals surface area contributed by atoms with E-state index in [2.05, 4.69) is 56.9 Å². The van der Waals surface area contributed by atoms with Crippen LogP contribution >= 0.6 is 23.6 Å². The van der Waals surface area contributed by atoms with Gasteiger partial charge in [-0.1, -0.05) is 24.3 Å². The second kappa shape index (κ2) is 7.63. The van der Waals surface area contributed by atoms with E-state index < -0.39 is 11.8 Å². The lowest BCUT2D eigenvalue weighted by Gasteiger charge is -2.05. The van der Waals surface area contributed by atoms with E-state index in [9.17, 15) is 9.59 Å². The van der Waals surface area contributed by atoms with Crippen molar-refractivity contribution in [2.45, 2.75) is 18.8 Å². The zero-order chi connectivity index (χ0) is 19.7. The molecule has 0 aliphatic heterocycles. The summed E-state index contributed by atoms with van der Waals surface area (Å²) in [6.07, 6.45) is 3.80. The molecule has 0 saturated heterocycles. The Morgan fingerprint density at radius 3 is 2.71 bits per heavy atom. The van der Waals surface area contributed by atoms with Gasteiger partial charge in [-0.25, -0.2) is 9.98 Å². The summed E-state index contributed by atoms with van der Waals surface area (Å²) < 4.78 is 1.63. The van der Waals surface area contributed by atoms with Crippen molar-refractivity contribution in [1.29, 1.82) is 0 Å². The van der Waals surface area contributed by atoms with Crippen molar-refractivity contribution >= 4 is 45.5 Å². The standard InChI is InChI=1S/C19H17N5O2S2/c20-17(25)16-15(18(26)22-6-5-21-10-27)23-19-24(16)9-14(28-19)13-7-11-3-1-2-4-12(11)8-13/h1-4,9,13H,5-8H2,(H2,20,25)(H,22,26). The lowest BCUT2D eigenvalue weighted by molar-refractivity contribution is 0.0931. The van der Waals surface area contributed by atoms with E-state index >= 15 is 0 Å². The summed E-state index contributed by atoms with van der Waals surface area (Å²) in [5, 5.41) is 4.90. The van der Waals surface area contributed by atoms with E-state index in [1.807, 2.05) is 6.20 Å². The summed E-state index contributed by atoms with van der Waals surface area (Å²) in [4.78, 5) is 34.3. The number of imidazole rings is 1. The lowest BCUT2D eigenvalue weighted by atomic mass is 10.1. The molecule has 0 unspecified atom stereocenters. The maximum atomic E-state index is 12.4. The number of thiocarbonyl (C=S) groups is 1. The van der Waals surface area contributed by atoms with Gasteiger partial charge in [0.15, 0.2) is 10.7 Å². The van der Waals surface area contributed by atoms with Crippen LogP contribution in [0.1, 0.15) is 42.9 Å². The van der Waals surface area contributed by atoms with Gasteiger partial charge >= 0.3 is 0 Å². The molecule has 9 heteroatoms. The number of benzene rings is 1. The van der Waals surface area contributed by atoms with Crippen molar-refractivity contribution in [3.63, 3.8) is 0 Å². The van der Waals surface area contributed by atoms with Gasteiger partial charge in [-0.3, -0.25) is 14.0 Å². The third-order valence-electron chi connectivity index (χ3n) is 4.82. The number of carbonyl (C=O) groups is 2. The Kier molecular flexibility index (Phi) is 5.04. The molecule has 0 fully saturated rings. The second-order valence-corrected chi connectivity index (χ2v) is 7.79. The molecule has 2 aromatic heterocycles. The molecule has 142 valence electrons. The minimum Gasteiger partial charge on any atom is -0.364 e. The van der Waals surface area contributed by atoms with Gasteiger partial charge < -0.3 is 11.1 Å². The fourth-order valence-electron chi connectivity index (χ4n) is 3.56. The molecular formula is C19H17N5O2S2. The summed E-state index contributed by atoms with van der Waals surface area (Å²) in [5.74, 6) is -0.803. The molecule has 4 rings (SSSR count). The van der Waals surface area contributed by atoms with Crippen molar-refractivity contribution in [3.8, 4) is 0 Å². The SMILES string of the molecule is NC(=O)c1c(C(=O)NCCN=C=S)nc2sc(C3Cc4ccccc4C3)cn12. The third-order valence-corrected chi connectivity index (χ3v) is 6.09. The summed E-state index contributed by atoms with van der Waals surface area (Å²) in [6, 6.07) is 8.41. The van der Waals surface area contributed by atoms with Gasteiger partial charge in [0.05, 0.1) is 11.7 Å². The molecule has 0 atom stereocenters. The van der Waals surface area contributed by atoms with Crippen LogP contribution in [-0.4, -0.2) is 39.4 Å². The van der Waals surface area contributed by atoms with Gasteiger partial charge in [-0.2, -0.15) is 0 Å². The number of isothiocyanates is 1. The number of aliphatic imine (C=N–C) groups is 1. The fraction of sp³-hybridized carbons (Fsp3) is 0.263. The van der Waals surface area contributed by atoms with Crippen molar-refractivity contribution in [1.82, 2.24) is 14.7 Å². The number of nitrogens with zero attached hydrogens (tertiary/aromatic N) is 3. The van der Waals surface area contributed by atoms with Crippen LogP contribution in [0.5, 0.6) is 0 Å². The van der Waals surface area contributed by atoms with Gasteiger partial charge in [0, 0.05) is 23.5 Å². The van der Waals surface area contributed by atoms with Crippen LogP contribution in [0.3, 0.4) is 0 Å². The van der Waals surface area contributed by atoms with Crippen molar-refractivity contribution in [3.05, 3.63) is 57.9 Å². The summed E-state index contributed by atoms with van der Waals surface area (Å²) in [7, 11) is 0. The highest BCUT2D eigenvalue weighted by Gasteiger charge is 2.28. The molecule has 1 aliphatic rings. The Bertz CT molecular complexity index is 1100. The van der Waals surface area contributed by atoms with Crippen molar-refractivity contribution < 1.29 is 9.59 Å². The van der Waals surface area contributed by atoms with Crippen LogP contribution in [0.15, 0.2) is 35.5 Å². The second-order valence-electron chi connectivity index (χ2n) is 6.56. The monoisotopic (exact) mass is 411 g/mol. The topological polar surface area (TPSA) is 102 Å². The molecule has 28 heavy (non-hydrogen) atoms. The smallest absolute Gasteiger partial charge is 0.272 e. The Morgan fingerprint density at radius 1 is 1.36 bits per heavy atom. The summed E-state index contributed by atoms with van der Waals surface area (Å²) in [5.41, 5.74) is 8.40. The first-order valence-corrected chi connectivity index (χ1v) is 10.0. The number of hydrogen-bond donors (Lipinski definition) is 2. The first kappa shape index (κ1) is 18.5. The molecule has 1 aromatic carbocycles. The largest absolute Gasteiger partial charge is 0.364 e. The summed E-state index contributed by atoms with van der Waals surface area (Å²) >= 11 is 5.98. The molecule has 3 aromatic rings. The van der Waals surface area contributed by atoms with Gasteiger partial charge in [0.1, 0.15) is 5.69 Å². The number of nitrogens with one attached hydrogen (secondary N) is 1. The number of amides is 2. The van der Waals surface area contributed by atoms with Gasteiger partial charge in [0.25, 0.3) is 11.8 Å². The van der Waals surface area contributed by atoms with E-state index in [4.69, 9.17) is 5.73 Å². The molecule has 0 saturated carbocycles. The fourth-order valence-corrected chi connectivity index (χ4v) is 4.73. The van der Waals surface area contributed by atoms with E-state index in [0.29, 0.717) is 17.4 Å². The average Bonchev–Trinajstić information content (AvgIpc) is 3.35. The average molecular weight is 412 g/mol. The predicted octanol–water partition coefficient (Wildman–Crippen LogP) is 2.21. The van der Waals surface area contributed by atoms with Crippen LogP contribution in [0, 0.1) is 0 Å². The minimum absolute atomic E-state index is 0.0336. The number of aromatic nitrogens is 2. The highest BCUT2D eigenvalue weighted by molar-refractivity contribution is 7.78. The molecule has 2 amide bonds. The zero-order valence-corrected chi connectivity index (χ0v) is 16.5. The first-order valence-electron chi connectivity index (χ1n) is 8.78. The number of fused-ring (bicyclic) bond motifs is 2. The van der Waals surface area contributed by atoms with Crippen LogP contribution in [0.4, 0.5) is 0 Å². The molecule has 0 radical (unpaired) electrons. The molecule has 3 N–H and O–H groups in total. The van der Waals surface area contributed by atoms with Gasteiger partial charge in [0.2, 0.25) is 0 Å². The minimum atomic E-state index is -0.686. The molecule has 2 heterocycles. The van der Waals surface area contributed by atoms with E-state index in [-0.39, 0.29) is 17.9 Å². The molecule has 0 bridgehead atoms. The quantitative estimate of drug-likeness (QED) is 0.369. The van der Waals surface area contributed by atoms with Crippen LogP contribution in [-0.2, 0) is 12.8 Å². The van der Waals surface area contributed by atoms with E-state index in [1.165, 1.54) is 22.5 Å². The lowest BCUT2D eigenvalue weighted by Crippen LogP contribution is -2.29. The normalized spacial score (nSPS) is 13.3. The number of hydrogen-bond acceptors (Lipinski definition) is 6. The molecular weight excluding hydrogens is 394 g/mol. The highest BCUT2D eigenvalue weighted by atomic mass is 32.1. The van der Waals surface area contributed by atoms with Crippen LogP contribution in [0.25, 0.3) is 4.96 Å². The molecule has 0 spiro atoms. The molecule has 1 aliphatic carbocycles. The zero-order valence-electron chi connectivity index (χ0n) is 14.8. The number of carbonyl (C=O) groups excluding carboxylic acids is 2. The van der Waals surface area contributed by atoms with Crippen molar-refractivity contribution in [2.24, 2.45) is 10.7 Å². The third kappa shape index (κ3) is 3.35. The predicted molar refractivity (Wildman–Crippen MR) is 110 cm³/mol. The first-order chi connectivity index (χ1) is 13.6. The highest BCUT2D eigenvalue weighted by Crippen LogP contribution is 2.37. The number of thiazole rings is 1. The van der Waals surface area contributed by atoms with E-state index in [0.717, 1.165) is 17.7 Å². The van der Waals surface area contributed by atoms with Crippen molar-refractivity contribution in [2.75, 3.05) is 13.1 Å². The number of rotatable bonds is 6. The number of primary amides is 1. The maximum absolute atomic E-state index is 12.4.